The molecular formula is C22H27FN2O. The van der Waals surface area contributed by atoms with Crippen molar-refractivity contribution in [2.24, 2.45) is 4.99 Å². The molecule has 0 bridgehead atoms. The first-order valence-corrected chi connectivity index (χ1v) is 9.26. The molecule has 0 aromatic heterocycles. The molecule has 4 heteroatoms. The van der Waals surface area contributed by atoms with Gasteiger partial charge in [0.1, 0.15) is 17.3 Å². The van der Waals surface area contributed by atoms with E-state index < -0.39 is 0 Å². The van der Waals surface area contributed by atoms with Gasteiger partial charge in [0.15, 0.2) is 0 Å². The predicted molar refractivity (Wildman–Crippen MR) is 107 cm³/mol. The highest BCUT2D eigenvalue weighted by Crippen LogP contribution is 2.44. The van der Waals surface area contributed by atoms with Gasteiger partial charge in [0.05, 0.1) is 0 Å². The van der Waals surface area contributed by atoms with Crippen LogP contribution in [0, 0.1) is 5.82 Å². The molecule has 2 aromatic rings. The zero-order chi connectivity index (χ0) is 18.9. The number of anilines is 1. The quantitative estimate of drug-likeness (QED) is 0.706. The van der Waals surface area contributed by atoms with Gasteiger partial charge in [-0.25, -0.2) is 4.39 Å². The smallest absolute Gasteiger partial charge is 0.141 e. The Kier molecular flexibility index (Phi) is 5.03. The maximum absolute atomic E-state index is 14.8. The Hall–Kier alpha value is -2.36. The number of aromatic hydroxyl groups is 1. The molecule has 138 valence electrons. The van der Waals surface area contributed by atoms with Gasteiger partial charge in [0.25, 0.3) is 0 Å². The van der Waals surface area contributed by atoms with E-state index in [0.29, 0.717) is 17.2 Å². The number of hydrogen-bond acceptors (Lipinski definition) is 3. The van der Waals surface area contributed by atoms with Crippen molar-refractivity contribution in [3.05, 3.63) is 53.3 Å². The summed E-state index contributed by atoms with van der Waals surface area (Å²) in [5.41, 5.74) is 3.06. The van der Waals surface area contributed by atoms with Gasteiger partial charge in [0, 0.05) is 29.5 Å². The van der Waals surface area contributed by atoms with Crippen molar-refractivity contribution in [1.29, 1.82) is 0 Å². The number of aliphatic imine (C=N–C) groups is 1. The summed E-state index contributed by atoms with van der Waals surface area (Å²) >= 11 is 0. The average Bonchev–Trinajstić information content (AvgIpc) is 2.58. The number of benzene rings is 2. The normalized spacial score (nSPS) is 19.0. The number of halogens is 1. The van der Waals surface area contributed by atoms with E-state index in [1.807, 2.05) is 6.07 Å². The van der Waals surface area contributed by atoms with Crippen LogP contribution in [0.3, 0.4) is 0 Å². The fraction of sp³-hybridized carbons (Fsp3) is 0.409. The first-order valence-electron chi connectivity index (χ1n) is 9.26. The maximum atomic E-state index is 14.8. The Morgan fingerprint density at radius 1 is 1.31 bits per heavy atom. The van der Waals surface area contributed by atoms with E-state index in [4.69, 9.17) is 0 Å². The summed E-state index contributed by atoms with van der Waals surface area (Å²) in [4.78, 5) is 6.59. The van der Waals surface area contributed by atoms with Crippen LogP contribution in [0.5, 0.6) is 5.75 Å². The highest BCUT2D eigenvalue weighted by atomic mass is 19.1. The first kappa shape index (κ1) is 18.4. The number of hydrogen-bond donors (Lipinski definition) is 1. The predicted octanol–water partition coefficient (Wildman–Crippen LogP) is 5.78. The number of rotatable bonds is 4. The SMILES string of the molecule is CCCN1c2cc(F)c(C=Nc3ccccc3O)cc2C(C)CC1(C)C. The highest BCUT2D eigenvalue weighted by Gasteiger charge is 2.36. The molecule has 26 heavy (non-hydrogen) atoms. The van der Waals surface area contributed by atoms with Gasteiger partial charge in [-0.1, -0.05) is 26.0 Å². The molecule has 1 heterocycles. The van der Waals surface area contributed by atoms with E-state index in [0.717, 1.165) is 30.6 Å². The largest absolute Gasteiger partial charge is 0.506 e. The molecule has 2 aromatic carbocycles. The fourth-order valence-electron chi connectivity index (χ4n) is 3.98. The second kappa shape index (κ2) is 7.10. The Bertz CT molecular complexity index is 829. The molecular weight excluding hydrogens is 327 g/mol. The molecule has 0 fully saturated rings. The summed E-state index contributed by atoms with van der Waals surface area (Å²) in [6.45, 7) is 9.72. The standard InChI is InChI=1S/C22H27FN2O/c1-5-10-25-20-12-18(23)16(11-17(20)15(2)13-22(25,3)4)14-24-19-8-6-7-9-21(19)26/h6-9,11-12,14-15,26H,5,10,13H2,1-4H3. The van der Waals surface area contributed by atoms with Gasteiger partial charge in [-0.2, -0.15) is 0 Å². The van der Waals surface area contributed by atoms with Crippen molar-refractivity contribution in [3.63, 3.8) is 0 Å². The van der Waals surface area contributed by atoms with Crippen molar-refractivity contribution in [3.8, 4) is 5.75 Å². The third kappa shape index (κ3) is 3.46. The lowest BCUT2D eigenvalue weighted by Gasteiger charge is -2.47. The molecule has 1 aliphatic heterocycles. The molecule has 0 radical (unpaired) electrons. The van der Waals surface area contributed by atoms with Crippen LogP contribution in [0.25, 0.3) is 0 Å². The molecule has 1 N–H and O–H groups in total. The lowest BCUT2D eigenvalue weighted by molar-refractivity contribution is 0.375. The molecule has 1 atom stereocenters. The number of fused-ring (bicyclic) bond motifs is 1. The number of para-hydroxylation sites is 2. The van der Waals surface area contributed by atoms with Crippen LogP contribution >= 0.6 is 0 Å². The lowest BCUT2D eigenvalue weighted by atomic mass is 9.79. The van der Waals surface area contributed by atoms with Crippen LogP contribution in [-0.2, 0) is 0 Å². The zero-order valence-electron chi connectivity index (χ0n) is 16.0. The van der Waals surface area contributed by atoms with Crippen molar-refractivity contribution in [1.82, 2.24) is 0 Å². The van der Waals surface area contributed by atoms with E-state index in [9.17, 15) is 9.50 Å². The topological polar surface area (TPSA) is 35.8 Å². The molecule has 0 saturated carbocycles. The average molecular weight is 354 g/mol. The van der Waals surface area contributed by atoms with E-state index in [2.05, 4.69) is 37.6 Å². The van der Waals surface area contributed by atoms with Crippen LogP contribution in [0.15, 0.2) is 41.4 Å². The van der Waals surface area contributed by atoms with Gasteiger partial charge < -0.3 is 10.0 Å². The minimum atomic E-state index is -0.283. The second-order valence-corrected chi connectivity index (χ2v) is 7.75. The molecule has 3 rings (SSSR count). The lowest BCUT2D eigenvalue weighted by Crippen LogP contribution is -2.48. The molecule has 0 amide bonds. The van der Waals surface area contributed by atoms with Gasteiger partial charge >= 0.3 is 0 Å². The number of nitrogens with zero attached hydrogens (tertiary/aromatic N) is 2. The second-order valence-electron chi connectivity index (χ2n) is 7.75. The minimum absolute atomic E-state index is 0.0142. The van der Waals surface area contributed by atoms with Crippen molar-refractivity contribution < 1.29 is 9.50 Å². The molecule has 1 aliphatic rings. The first-order chi connectivity index (χ1) is 12.3. The number of phenolic OH excluding ortho intramolecular Hbond substituents is 1. The Balaban J connectivity index is 2.02. The molecule has 0 aliphatic carbocycles. The van der Waals surface area contributed by atoms with Gasteiger partial charge in [-0.15, -0.1) is 0 Å². The third-order valence-electron chi connectivity index (χ3n) is 5.18. The van der Waals surface area contributed by atoms with Crippen molar-refractivity contribution >= 4 is 17.6 Å². The van der Waals surface area contributed by atoms with Gasteiger partial charge in [-0.3, -0.25) is 4.99 Å². The summed E-state index contributed by atoms with van der Waals surface area (Å²) in [5, 5.41) is 9.83. The Labute approximate surface area is 155 Å². The fourth-order valence-corrected chi connectivity index (χ4v) is 3.98. The third-order valence-corrected chi connectivity index (χ3v) is 5.18. The summed E-state index contributed by atoms with van der Waals surface area (Å²) in [7, 11) is 0. The monoisotopic (exact) mass is 354 g/mol. The minimum Gasteiger partial charge on any atom is -0.506 e. The number of phenols is 1. The van der Waals surface area contributed by atoms with Gasteiger partial charge in [0.2, 0.25) is 0 Å². The van der Waals surface area contributed by atoms with E-state index in [1.165, 1.54) is 6.21 Å². The Morgan fingerprint density at radius 3 is 2.73 bits per heavy atom. The maximum Gasteiger partial charge on any atom is 0.141 e. The van der Waals surface area contributed by atoms with Crippen LogP contribution in [0.1, 0.15) is 57.6 Å². The summed E-state index contributed by atoms with van der Waals surface area (Å²) < 4.78 is 14.8. The molecule has 0 spiro atoms. The van der Waals surface area contributed by atoms with Crippen molar-refractivity contribution in [2.45, 2.75) is 52.0 Å². The van der Waals surface area contributed by atoms with Crippen LogP contribution in [0.2, 0.25) is 0 Å². The Morgan fingerprint density at radius 2 is 2.04 bits per heavy atom. The van der Waals surface area contributed by atoms with Crippen molar-refractivity contribution in [2.75, 3.05) is 11.4 Å². The van der Waals surface area contributed by atoms with Gasteiger partial charge in [-0.05, 0) is 62.4 Å². The zero-order valence-corrected chi connectivity index (χ0v) is 16.0. The summed E-state index contributed by atoms with van der Waals surface area (Å²) in [5.74, 6) is 0.159. The van der Waals surface area contributed by atoms with Crippen LogP contribution in [0.4, 0.5) is 15.8 Å². The van der Waals surface area contributed by atoms with E-state index in [-0.39, 0.29) is 17.1 Å². The van der Waals surface area contributed by atoms with E-state index in [1.54, 1.807) is 30.3 Å². The van der Waals surface area contributed by atoms with Crippen LogP contribution in [-0.4, -0.2) is 23.4 Å². The molecule has 3 nitrogen and oxygen atoms in total. The van der Waals surface area contributed by atoms with E-state index >= 15 is 0 Å². The van der Waals surface area contributed by atoms with Crippen LogP contribution < -0.4 is 4.90 Å². The highest BCUT2D eigenvalue weighted by molar-refractivity contribution is 5.85. The summed E-state index contributed by atoms with van der Waals surface area (Å²) in [6.07, 6.45) is 3.55. The summed E-state index contributed by atoms with van der Waals surface area (Å²) in [6, 6.07) is 10.4. The molecule has 0 saturated heterocycles. The molecule has 1 unspecified atom stereocenters.